The van der Waals surface area contributed by atoms with Gasteiger partial charge >= 0.3 is 0 Å². The molecule has 1 aromatic carbocycles. The van der Waals surface area contributed by atoms with Crippen LogP contribution in [0.25, 0.3) is 17.4 Å². The van der Waals surface area contributed by atoms with Gasteiger partial charge in [-0.15, -0.1) is 5.10 Å². The van der Waals surface area contributed by atoms with E-state index in [1.54, 1.807) is 6.07 Å². The zero-order valence-corrected chi connectivity index (χ0v) is 18.8. The number of hydrogen-bond acceptors (Lipinski definition) is 10. The highest BCUT2D eigenvalue weighted by Crippen LogP contribution is 2.35. The summed E-state index contributed by atoms with van der Waals surface area (Å²) in [4.78, 5) is 27.2. The van der Waals surface area contributed by atoms with E-state index in [4.69, 9.17) is 14.6 Å². The Hall–Kier alpha value is -3.78. The van der Waals surface area contributed by atoms with Gasteiger partial charge in [-0.05, 0) is 42.1 Å². The number of nitro benzene ring substituents is 1. The summed E-state index contributed by atoms with van der Waals surface area (Å²) in [5.41, 5.74) is -0.208. The van der Waals surface area contributed by atoms with Crippen LogP contribution < -0.4 is 4.74 Å². The third-order valence-electron chi connectivity index (χ3n) is 4.66. The first-order valence-corrected chi connectivity index (χ1v) is 11.8. The first-order chi connectivity index (χ1) is 15.6. The zero-order chi connectivity index (χ0) is 23.9. The molecule has 170 valence electrons. The molecule has 0 unspecified atom stereocenters. The molecule has 0 bridgehead atoms. The number of thioether (sulfide) groups is 1. The van der Waals surface area contributed by atoms with E-state index in [0.717, 1.165) is 5.01 Å². The van der Waals surface area contributed by atoms with Gasteiger partial charge in [0.15, 0.2) is 5.84 Å². The van der Waals surface area contributed by atoms with E-state index < -0.39 is 20.7 Å². The molecule has 2 aliphatic heterocycles. The molecule has 0 fully saturated rings. The summed E-state index contributed by atoms with van der Waals surface area (Å²) >= 11 is 0.702. The lowest BCUT2D eigenvalue weighted by molar-refractivity contribution is -0.384. The van der Waals surface area contributed by atoms with Crippen LogP contribution in [0.15, 0.2) is 50.4 Å². The van der Waals surface area contributed by atoms with Crippen LogP contribution in [0.1, 0.15) is 12.7 Å². The predicted molar refractivity (Wildman–Crippen MR) is 122 cm³/mol. The predicted octanol–water partition coefficient (Wildman–Crippen LogP) is 2.87. The Morgan fingerprint density at radius 2 is 2.09 bits per heavy atom. The molecule has 1 N–H and O–H groups in total. The zero-order valence-electron chi connectivity index (χ0n) is 17.1. The summed E-state index contributed by atoms with van der Waals surface area (Å²) in [6, 6.07) is 7.25. The number of aliphatic imine (C=N–C) groups is 1. The third kappa shape index (κ3) is 4.05. The van der Waals surface area contributed by atoms with E-state index in [1.807, 2.05) is 0 Å². The fourth-order valence-electron chi connectivity index (χ4n) is 2.94. The van der Waals surface area contributed by atoms with E-state index in [2.05, 4.69) is 10.1 Å². The highest BCUT2D eigenvalue weighted by molar-refractivity contribution is 8.42. The average molecular weight is 489 g/mol. The van der Waals surface area contributed by atoms with E-state index in [0.29, 0.717) is 17.5 Å². The van der Waals surface area contributed by atoms with E-state index in [1.165, 1.54) is 44.4 Å². The highest BCUT2D eigenvalue weighted by Gasteiger charge is 2.39. The molecule has 0 aliphatic carbocycles. The number of benzene rings is 1. The molecular formula is C19H15N5O7S2. The quantitative estimate of drug-likeness (QED) is 0.377. The van der Waals surface area contributed by atoms with Gasteiger partial charge in [0.25, 0.3) is 11.6 Å². The molecule has 2 aromatic rings. The molecular weight excluding hydrogens is 474 g/mol. The molecule has 4 rings (SSSR count). The summed E-state index contributed by atoms with van der Waals surface area (Å²) in [6.07, 6.45) is 1.25. The lowest BCUT2D eigenvalue weighted by atomic mass is 10.1. The second-order valence-corrected chi connectivity index (χ2v) is 10.0. The van der Waals surface area contributed by atoms with Crippen LogP contribution in [-0.2, 0) is 14.6 Å². The number of rotatable bonds is 5. The summed E-state index contributed by atoms with van der Waals surface area (Å²) in [5.74, 6) is -0.705. The van der Waals surface area contributed by atoms with Gasteiger partial charge in [-0.1, -0.05) is 6.92 Å². The molecule has 1 amide bonds. The van der Waals surface area contributed by atoms with Crippen LogP contribution in [0, 0.1) is 15.5 Å². The van der Waals surface area contributed by atoms with Gasteiger partial charge in [-0.25, -0.2) is 8.42 Å². The van der Waals surface area contributed by atoms with Gasteiger partial charge in [0, 0.05) is 0 Å². The number of hydrazone groups is 1. The second-order valence-electron chi connectivity index (χ2n) is 6.63. The molecule has 0 saturated carbocycles. The Kier molecular flexibility index (Phi) is 5.63. The molecule has 14 heteroatoms. The molecule has 0 saturated heterocycles. The van der Waals surface area contributed by atoms with Gasteiger partial charge in [-0.3, -0.25) is 20.3 Å². The minimum absolute atomic E-state index is 0.0248. The topological polar surface area (TPSA) is 169 Å². The van der Waals surface area contributed by atoms with Crippen molar-refractivity contribution in [2.75, 3.05) is 12.9 Å². The first-order valence-electron chi connectivity index (χ1n) is 9.30. The number of nitrogens with one attached hydrogen (secondary N) is 1. The van der Waals surface area contributed by atoms with Gasteiger partial charge in [0.1, 0.15) is 17.3 Å². The number of ether oxygens (including phenoxy) is 1. The number of carbonyl (C=O) groups excluding carboxylic acids is 1. The van der Waals surface area contributed by atoms with Crippen molar-refractivity contribution in [3.8, 4) is 17.1 Å². The molecule has 12 nitrogen and oxygen atoms in total. The molecule has 3 heterocycles. The fourth-order valence-corrected chi connectivity index (χ4v) is 5.10. The van der Waals surface area contributed by atoms with Crippen molar-refractivity contribution in [1.82, 2.24) is 5.01 Å². The van der Waals surface area contributed by atoms with Gasteiger partial charge in [0.2, 0.25) is 19.4 Å². The SMILES string of the molecule is CCS(=O)(=O)C1=NN2C(=N)/C(=C\c3ccc(-c4ccc(OC)cc4[N+](=O)[O-])o3)C(=O)N=C2S1. The number of nitrogens with zero attached hydrogens (tertiary/aromatic N) is 4. The summed E-state index contributed by atoms with van der Waals surface area (Å²) in [5, 5.41) is 24.6. The summed E-state index contributed by atoms with van der Waals surface area (Å²) in [7, 11) is -2.24. The number of amides is 1. The second kappa shape index (κ2) is 8.29. The van der Waals surface area contributed by atoms with E-state index in [9.17, 15) is 23.3 Å². The number of amidine groups is 2. The lowest BCUT2D eigenvalue weighted by Gasteiger charge is -2.19. The smallest absolute Gasteiger partial charge is 0.284 e. The van der Waals surface area contributed by atoms with Crippen molar-refractivity contribution >= 4 is 54.6 Å². The van der Waals surface area contributed by atoms with Crippen LogP contribution in [0.3, 0.4) is 0 Å². The normalized spacial score (nSPS) is 17.2. The molecule has 1 aromatic heterocycles. The molecule has 0 spiro atoms. The Morgan fingerprint density at radius 1 is 1.33 bits per heavy atom. The molecule has 2 aliphatic rings. The number of furan rings is 1. The Morgan fingerprint density at radius 3 is 2.76 bits per heavy atom. The first kappa shape index (κ1) is 22.4. The molecule has 33 heavy (non-hydrogen) atoms. The lowest BCUT2D eigenvalue weighted by Crippen LogP contribution is -2.35. The number of fused-ring (bicyclic) bond motifs is 1. The van der Waals surface area contributed by atoms with Crippen molar-refractivity contribution < 1.29 is 27.3 Å². The van der Waals surface area contributed by atoms with Crippen molar-refractivity contribution in [2.24, 2.45) is 10.1 Å². The Balaban J connectivity index is 1.68. The number of nitro groups is 1. The maximum atomic E-state index is 12.5. The van der Waals surface area contributed by atoms with Gasteiger partial charge in [-0.2, -0.15) is 10.0 Å². The van der Waals surface area contributed by atoms with Gasteiger partial charge < -0.3 is 9.15 Å². The maximum Gasteiger partial charge on any atom is 0.284 e. The van der Waals surface area contributed by atoms with E-state index in [-0.39, 0.29) is 49.5 Å². The van der Waals surface area contributed by atoms with Crippen molar-refractivity contribution in [3.05, 3.63) is 51.8 Å². The van der Waals surface area contributed by atoms with Crippen molar-refractivity contribution in [1.29, 1.82) is 5.41 Å². The summed E-state index contributed by atoms with van der Waals surface area (Å²) in [6.45, 7) is 1.46. The van der Waals surface area contributed by atoms with Gasteiger partial charge in [0.05, 0.1) is 35.0 Å². The van der Waals surface area contributed by atoms with Crippen LogP contribution in [-0.4, -0.2) is 52.5 Å². The molecule has 0 atom stereocenters. The number of sulfone groups is 1. The largest absolute Gasteiger partial charge is 0.497 e. The third-order valence-corrected chi connectivity index (χ3v) is 7.75. The fraction of sp³-hybridized carbons (Fsp3) is 0.158. The van der Waals surface area contributed by atoms with Crippen LogP contribution in [0.4, 0.5) is 5.69 Å². The summed E-state index contributed by atoms with van der Waals surface area (Å²) < 4.78 is 34.6. The van der Waals surface area contributed by atoms with E-state index >= 15 is 0 Å². The Bertz CT molecular complexity index is 1410. The highest BCUT2D eigenvalue weighted by atomic mass is 32.3. The van der Waals surface area contributed by atoms with Crippen LogP contribution in [0.2, 0.25) is 0 Å². The van der Waals surface area contributed by atoms with Crippen LogP contribution in [0.5, 0.6) is 5.75 Å². The number of methoxy groups -OCH3 is 1. The molecule has 0 radical (unpaired) electrons. The maximum absolute atomic E-state index is 12.5. The van der Waals surface area contributed by atoms with Crippen molar-refractivity contribution in [2.45, 2.75) is 6.92 Å². The van der Waals surface area contributed by atoms with Crippen molar-refractivity contribution in [3.63, 3.8) is 0 Å². The Labute approximate surface area is 191 Å². The minimum Gasteiger partial charge on any atom is -0.497 e. The number of hydrogen-bond donors (Lipinski definition) is 1. The number of carbonyl (C=O) groups is 1. The average Bonchev–Trinajstić information content (AvgIpc) is 3.44. The van der Waals surface area contributed by atoms with Crippen LogP contribution >= 0.6 is 11.8 Å². The minimum atomic E-state index is -3.64. The standard InChI is InChI=1S/C19H15N5O7S2/c1-3-33(28,29)19-22-23-16(20)13(17(25)21-18(23)32-19)8-11-5-7-15(31-11)12-6-4-10(30-2)9-14(12)24(26)27/h4-9,20H,3H2,1-2H3/b13-8+,20-16?. The monoisotopic (exact) mass is 489 g/mol.